The van der Waals surface area contributed by atoms with Crippen molar-refractivity contribution in [2.24, 2.45) is 11.8 Å². The van der Waals surface area contributed by atoms with Gasteiger partial charge in [0.25, 0.3) is 0 Å². The first-order valence-corrected chi connectivity index (χ1v) is 8.92. The van der Waals surface area contributed by atoms with Crippen molar-refractivity contribution in [2.75, 3.05) is 13.7 Å². The van der Waals surface area contributed by atoms with Crippen molar-refractivity contribution in [3.63, 3.8) is 0 Å². The Balaban J connectivity index is 2.11. The number of hydrogen-bond acceptors (Lipinski definition) is 6. The predicted molar refractivity (Wildman–Crippen MR) is 93.0 cm³/mol. The first kappa shape index (κ1) is 18.4. The van der Waals surface area contributed by atoms with Gasteiger partial charge in [-0.25, -0.2) is 0 Å². The van der Waals surface area contributed by atoms with Crippen molar-refractivity contribution in [1.82, 2.24) is 10.2 Å². The van der Waals surface area contributed by atoms with Crippen molar-refractivity contribution < 1.29 is 24.2 Å². The number of amides is 2. The van der Waals surface area contributed by atoms with Gasteiger partial charge < -0.3 is 9.84 Å². The Hall–Kier alpha value is -2.41. The van der Waals surface area contributed by atoms with Crippen LogP contribution < -0.4 is 5.32 Å². The number of phenolic OH excluding ortho intramolecular Hbond substituents is 1. The Bertz CT molecular complexity index is 732. The lowest BCUT2D eigenvalue weighted by atomic mass is 9.77. The molecule has 0 aliphatic carbocycles. The van der Waals surface area contributed by atoms with Crippen molar-refractivity contribution in [1.29, 1.82) is 0 Å². The van der Waals surface area contributed by atoms with Gasteiger partial charge in [-0.15, -0.1) is 0 Å². The maximum atomic E-state index is 12.9. The van der Waals surface area contributed by atoms with Gasteiger partial charge in [-0.05, 0) is 31.0 Å². The van der Waals surface area contributed by atoms with Gasteiger partial charge in [0.15, 0.2) is 0 Å². The maximum absolute atomic E-state index is 12.9. The van der Waals surface area contributed by atoms with E-state index in [9.17, 15) is 19.5 Å². The van der Waals surface area contributed by atoms with Gasteiger partial charge in [-0.2, -0.15) is 0 Å². The van der Waals surface area contributed by atoms with E-state index in [-0.39, 0.29) is 24.2 Å². The minimum atomic E-state index is -1.23. The normalized spacial score (nSPS) is 30.6. The lowest BCUT2D eigenvalue weighted by molar-refractivity contribution is -0.156. The summed E-state index contributed by atoms with van der Waals surface area (Å²) >= 11 is 0. The topological polar surface area (TPSA) is 95.9 Å². The van der Waals surface area contributed by atoms with Gasteiger partial charge in [-0.1, -0.05) is 25.5 Å². The second-order valence-electron chi connectivity index (χ2n) is 6.89. The van der Waals surface area contributed by atoms with E-state index in [0.717, 1.165) is 10.5 Å². The van der Waals surface area contributed by atoms with Crippen LogP contribution in [0.2, 0.25) is 0 Å². The second-order valence-corrected chi connectivity index (χ2v) is 6.89. The highest BCUT2D eigenvalue weighted by atomic mass is 16.5. The van der Waals surface area contributed by atoms with Gasteiger partial charge in [0.2, 0.25) is 11.8 Å². The van der Waals surface area contributed by atoms with Gasteiger partial charge in [0, 0.05) is 13.1 Å². The van der Waals surface area contributed by atoms with E-state index in [1.54, 1.807) is 19.1 Å². The fraction of sp³-hybridized carbons (Fsp3) is 0.526. The van der Waals surface area contributed by atoms with E-state index in [4.69, 9.17) is 4.74 Å². The number of phenols is 1. The van der Waals surface area contributed by atoms with E-state index >= 15 is 0 Å². The molecule has 4 atom stereocenters. The quantitative estimate of drug-likeness (QED) is 0.608. The van der Waals surface area contributed by atoms with E-state index in [2.05, 4.69) is 5.32 Å². The zero-order valence-electron chi connectivity index (χ0n) is 15.2. The molecule has 0 radical (unpaired) electrons. The molecule has 0 spiro atoms. The summed E-state index contributed by atoms with van der Waals surface area (Å²) in [7, 11) is 1.46. The Morgan fingerprint density at radius 1 is 1.23 bits per heavy atom. The van der Waals surface area contributed by atoms with Crippen LogP contribution in [-0.4, -0.2) is 47.0 Å². The third kappa shape index (κ3) is 2.58. The summed E-state index contributed by atoms with van der Waals surface area (Å²) in [6.07, 6.45) is 1.05. The molecule has 2 saturated heterocycles. The molecule has 1 aromatic rings. The molecule has 2 aliphatic heterocycles. The average Bonchev–Trinajstić information content (AvgIpc) is 3.07. The molecule has 2 fully saturated rings. The largest absolute Gasteiger partial charge is 0.508 e. The van der Waals surface area contributed by atoms with Crippen LogP contribution in [0.15, 0.2) is 24.3 Å². The summed E-state index contributed by atoms with van der Waals surface area (Å²) in [6, 6.07) is 5.96. The van der Waals surface area contributed by atoms with Crippen LogP contribution in [0.1, 0.15) is 38.3 Å². The first-order chi connectivity index (χ1) is 12.4. The number of likely N-dealkylation sites (tertiary alicyclic amines) is 1. The molecule has 3 rings (SSSR count). The smallest absolute Gasteiger partial charge is 0.327 e. The van der Waals surface area contributed by atoms with Gasteiger partial charge in [0.05, 0.1) is 18.4 Å². The molecule has 0 unspecified atom stereocenters. The number of esters is 1. The number of ether oxygens (including phenoxy) is 1. The Labute approximate surface area is 152 Å². The Morgan fingerprint density at radius 3 is 2.46 bits per heavy atom. The molecular formula is C19H24N2O5. The molecule has 2 aliphatic rings. The third-order valence-electron chi connectivity index (χ3n) is 5.41. The maximum Gasteiger partial charge on any atom is 0.327 e. The second kappa shape index (κ2) is 6.72. The summed E-state index contributed by atoms with van der Waals surface area (Å²) < 4.78 is 5.29. The van der Waals surface area contributed by atoms with E-state index < -0.39 is 29.4 Å². The lowest BCUT2D eigenvalue weighted by Gasteiger charge is -2.32. The number of imide groups is 1. The molecule has 0 saturated carbocycles. The minimum absolute atomic E-state index is 0.111. The number of hydrogen-bond donors (Lipinski definition) is 2. The number of fused-ring (bicyclic) bond motifs is 1. The molecule has 7 heteroatoms. The third-order valence-corrected chi connectivity index (χ3v) is 5.41. The lowest BCUT2D eigenvalue weighted by Crippen LogP contribution is -2.56. The zero-order valence-corrected chi connectivity index (χ0v) is 15.2. The van der Waals surface area contributed by atoms with E-state index in [1.165, 1.54) is 19.2 Å². The van der Waals surface area contributed by atoms with Crippen LogP contribution in [0.5, 0.6) is 5.75 Å². The SMILES string of the molecule is CCC[C@]1(C(=O)OCC)N[C@H](c2ccc(O)cc2)[C@@H]2C(=O)N(C)C(=O)[C@@H]21. The number of aromatic hydroxyl groups is 1. The van der Waals surface area contributed by atoms with Crippen molar-refractivity contribution in [2.45, 2.75) is 38.3 Å². The number of nitrogens with zero attached hydrogens (tertiary/aromatic N) is 1. The van der Waals surface area contributed by atoms with Crippen LogP contribution in [0.4, 0.5) is 0 Å². The van der Waals surface area contributed by atoms with Crippen molar-refractivity contribution in [3.8, 4) is 5.75 Å². The zero-order chi connectivity index (χ0) is 19.1. The van der Waals surface area contributed by atoms with Gasteiger partial charge in [0.1, 0.15) is 11.3 Å². The number of carbonyl (C=O) groups excluding carboxylic acids is 3. The molecule has 140 valence electrons. The summed E-state index contributed by atoms with van der Waals surface area (Å²) in [4.78, 5) is 39.6. The van der Waals surface area contributed by atoms with E-state index in [0.29, 0.717) is 12.8 Å². The predicted octanol–water partition coefficient (Wildman–Crippen LogP) is 1.37. The van der Waals surface area contributed by atoms with Crippen LogP contribution in [0.3, 0.4) is 0 Å². The van der Waals surface area contributed by atoms with Crippen LogP contribution in [-0.2, 0) is 19.1 Å². The molecule has 0 aromatic heterocycles. The number of carbonyl (C=O) groups is 3. The van der Waals surface area contributed by atoms with Gasteiger partial charge in [-0.3, -0.25) is 24.6 Å². The highest BCUT2D eigenvalue weighted by molar-refractivity contribution is 6.09. The fourth-order valence-corrected chi connectivity index (χ4v) is 4.29. The first-order valence-electron chi connectivity index (χ1n) is 8.92. The number of nitrogens with one attached hydrogen (secondary N) is 1. The molecule has 1 aromatic carbocycles. The van der Waals surface area contributed by atoms with Gasteiger partial charge >= 0.3 is 5.97 Å². The summed E-state index contributed by atoms with van der Waals surface area (Å²) in [6.45, 7) is 3.84. The summed E-state index contributed by atoms with van der Waals surface area (Å²) in [5.41, 5.74) is -0.480. The van der Waals surface area contributed by atoms with Crippen LogP contribution in [0, 0.1) is 11.8 Å². The van der Waals surface area contributed by atoms with Crippen molar-refractivity contribution >= 4 is 17.8 Å². The average molecular weight is 360 g/mol. The summed E-state index contributed by atoms with van der Waals surface area (Å²) in [5.74, 6) is -2.50. The number of benzene rings is 1. The highest BCUT2D eigenvalue weighted by Gasteiger charge is 2.67. The van der Waals surface area contributed by atoms with Crippen LogP contribution >= 0.6 is 0 Å². The molecule has 7 nitrogen and oxygen atoms in total. The van der Waals surface area contributed by atoms with E-state index in [1.807, 2.05) is 6.92 Å². The molecule has 2 N–H and O–H groups in total. The Morgan fingerprint density at radius 2 is 1.88 bits per heavy atom. The number of rotatable bonds is 5. The summed E-state index contributed by atoms with van der Waals surface area (Å²) in [5, 5.41) is 12.8. The molecule has 2 amide bonds. The fourth-order valence-electron chi connectivity index (χ4n) is 4.29. The monoisotopic (exact) mass is 360 g/mol. The molecule has 26 heavy (non-hydrogen) atoms. The molecular weight excluding hydrogens is 336 g/mol. The van der Waals surface area contributed by atoms with Crippen LogP contribution in [0.25, 0.3) is 0 Å². The molecule has 2 heterocycles. The standard InChI is InChI=1S/C19H24N2O5/c1-4-10-19(18(25)26-5-2)14-13(16(23)21(3)17(14)24)15(20-19)11-6-8-12(22)9-7-11/h6-9,13-15,20,22H,4-5,10H2,1-3H3/t13-,14-,15-,19+/m1/s1. The Kier molecular flexibility index (Phi) is 4.75. The highest BCUT2D eigenvalue weighted by Crippen LogP contribution is 2.50. The molecule has 0 bridgehead atoms. The van der Waals surface area contributed by atoms with Crippen molar-refractivity contribution in [3.05, 3.63) is 29.8 Å². The minimum Gasteiger partial charge on any atom is -0.508 e.